The number of aliphatic hydroxyl groups excluding tert-OH is 1. The summed E-state index contributed by atoms with van der Waals surface area (Å²) in [4.78, 5) is 136. The van der Waals surface area contributed by atoms with E-state index in [1.165, 1.54) is 33.4 Å². The van der Waals surface area contributed by atoms with Crippen LogP contribution in [0.25, 0.3) is 0 Å². The van der Waals surface area contributed by atoms with Crippen molar-refractivity contribution >= 4 is 70.9 Å². The van der Waals surface area contributed by atoms with Gasteiger partial charge in [0.05, 0.1) is 47.4 Å². The van der Waals surface area contributed by atoms with Crippen molar-refractivity contribution in [1.29, 1.82) is 0 Å². The summed E-state index contributed by atoms with van der Waals surface area (Å²) in [6, 6.07) is 0.0316. The third-order valence-corrected chi connectivity index (χ3v) is 16.7. The third-order valence-electron chi connectivity index (χ3n) is 15.5. The van der Waals surface area contributed by atoms with E-state index >= 15 is 0 Å². The maximum Gasteiger partial charge on any atom is 0.332 e. The molecule has 3 saturated heterocycles. The number of thioether (sulfide) groups is 1. The zero-order chi connectivity index (χ0) is 53.3. The summed E-state index contributed by atoms with van der Waals surface area (Å²) in [5, 5.41) is 26.3. The molecule has 0 spiro atoms. The number of carbonyl (C=O) groups is 10. The average Bonchev–Trinajstić information content (AvgIpc) is 4.17. The van der Waals surface area contributed by atoms with Crippen LogP contribution in [-0.4, -0.2) is 153 Å². The maximum absolute atomic E-state index is 14.3. The average molecular weight is 1040 g/mol. The molecular formula is C53H74N6O13S. The van der Waals surface area contributed by atoms with E-state index in [1.807, 2.05) is 45.1 Å². The Kier molecular flexibility index (Phi) is 20.0. The Morgan fingerprint density at radius 2 is 0.986 bits per heavy atom. The number of carboxylic acids is 1. The molecule has 14 unspecified atom stereocenters. The van der Waals surface area contributed by atoms with Gasteiger partial charge in [-0.05, 0) is 102 Å². The van der Waals surface area contributed by atoms with Gasteiger partial charge in [0.15, 0.2) is 6.10 Å². The number of rotatable bonds is 28. The van der Waals surface area contributed by atoms with Crippen LogP contribution in [0.5, 0.6) is 0 Å². The van der Waals surface area contributed by atoms with Crippen LogP contribution < -0.4 is 16.0 Å². The van der Waals surface area contributed by atoms with E-state index in [9.17, 15) is 47.9 Å². The quantitative estimate of drug-likeness (QED) is 0.0429. The van der Waals surface area contributed by atoms with E-state index in [2.05, 4.69) is 29.1 Å². The standard InChI is InChI=1S/C53H74N6O13S/c1-7-32-26-34(42-40(32)47(64)57(49(42)66)20-10-13-39(62)55-19-25-73-31(6)46(63)56-29(3)4)14-16-36-28-37(45-44(36)51(68)58(52(45)69)21-9-12-38(61)54-18-23-60)17-15-35-27-33(8-2)41-43(35)50(67)59(48(41)65)22-11-24-72-30(5)53(70)71/h7-8,14-17,29-37,40-45,60H,1-2,9-13,18-28H2,3-6H3,(H,54,61)(H,55,62)(H,56,63)(H,70,71)/b16-14-,17-15-. The van der Waals surface area contributed by atoms with Crippen molar-refractivity contribution in [2.75, 3.05) is 51.7 Å². The Balaban J connectivity index is 1.13. The number of aliphatic hydroxyl groups is 1. The normalized spacial score (nSPS) is 30.5. The van der Waals surface area contributed by atoms with Gasteiger partial charge in [-0.15, -0.1) is 24.9 Å². The topological polar surface area (TPSA) is 266 Å². The minimum atomic E-state index is -1.12. The molecular weight excluding hydrogens is 961 g/mol. The lowest BCUT2D eigenvalue weighted by atomic mass is 9.86. The molecule has 3 aliphatic heterocycles. The fourth-order valence-corrected chi connectivity index (χ4v) is 12.8. The first-order valence-electron chi connectivity index (χ1n) is 25.9. The molecule has 6 fully saturated rings. The number of likely N-dealkylation sites (tertiary alicyclic amines) is 3. The summed E-state index contributed by atoms with van der Waals surface area (Å²) in [5.41, 5.74) is 0. The van der Waals surface area contributed by atoms with Gasteiger partial charge in [0.1, 0.15) is 0 Å². The smallest absolute Gasteiger partial charge is 0.332 e. The van der Waals surface area contributed by atoms with Gasteiger partial charge in [0.2, 0.25) is 53.2 Å². The number of aliphatic carboxylic acids is 1. The minimum absolute atomic E-state index is 0.0165. The molecule has 0 radical (unpaired) electrons. The van der Waals surface area contributed by atoms with Crippen LogP contribution in [0.1, 0.15) is 79.1 Å². The number of ether oxygens (including phenoxy) is 1. The van der Waals surface area contributed by atoms with Crippen molar-refractivity contribution in [1.82, 2.24) is 30.7 Å². The van der Waals surface area contributed by atoms with Crippen molar-refractivity contribution in [3.63, 3.8) is 0 Å². The monoisotopic (exact) mass is 1030 g/mol. The number of amides is 9. The molecule has 9 amide bonds. The second kappa shape index (κ2) is 25.7. The molecule has 0 aromatic heterocycles. The first-order valence-corrected chi connectivity index (χ1v) is 27.0. The minimum Gasteiger partial charge on any atom is -0.479 e. The van der Waals surface area contributed by atoms with Crippen LogP contribution in [-0.2, 0) is 52.7 Å². The van der Waals surface area contributed by atoms with Gasteiger partial charge in [-0.1, -0.05) is 36.5 Å². The zero-order valence-corrected chi connectivity index (χ0v) is 43.3. The van der Waals surface area contributed by atoms with Crippen LogP contribution >= 0.6 is 11.8 Å². The van der Waals surface area contributed by atoms with E-state index in [-0.39, 0.29) is 160 Å². The lowest BCUT2D eigenvalue weighted by Gasteiger charge is -2.21. The molecule has 0 aromatic rings. The molecule has 19 nitrogen and oxygen atoms in total. The van der Waals surface area contributed by atoms with Gasteiger partial charge in [0.25, 0.3) is 0 Å². The summed E-state index contributed by atoms with van der Waals surface area (Å²) < 4.78 is 5.32. The molecule has 6 rings (SSSR count). The van der Waals surface area contributed by atoms with Gasteiger partial charge < -0.3 is 30.9 Å². The first-order chi connectivity index (χ1) is 34.8. The number of carbonyl (C=O) groups excluding carboxylic acids is 9. The predicted molar refractivity (Wildman–Crippen MR) is 269 cm³/mol. The highest BCUT2D eigenvalue weighted by Gasteiger charge is 2.60. The highest BCUT2D eigenvalue weighted by Crippen LogP contribution is 2.53. The second-order valence-corrected chi connectivity index (χ2v) is 22.0. The molecule has 73 heavy (non-hydrogen) atoms. The van der Waals surface area contributed by atoms with Gasteiger partial charge >= 0.3 is 5.97 Å². The van der Waals surface area contributed by atoms with E-state index < -0.39 is 59.4 Å². The summed E-state index contributed by atoms with van der Waals surface area (Å²) in [6.45, 7) is 15.4. The highest BCUT2D eigenvalue weighted by atomic mass is 32.2. The number of imide groups is 3. The molecule has 5 N–H and O–H groups in total. The van der Waals surface area contributed by atoms with E-state index in [4.69, 9.17) is 14.9 Å². The molecule has 6 aliphatic rings. The van der Waals surface area contributed by atoms with Gasteiger partial charge in [-0.3, -0.25) is 57.9 Å². The lowest BCUT2D eigenvalue weighted by molar-refractivity contribution is -0.150. The number of nitrogens with one attached hydrogen (secondary N) is 3. The number of allylic oxidation sites excluding steroid dienone is 6. The second-order valence-electron chi connectivity index (χ2n) is 20.6. The van der Waals surface area contributed by atoms with Crippen LogP contribution in [0.2, 0.25) is 0 Å². The number of nitrogens with zero attached hydrogens (tertiary/aromatic N) is 3. The summed E-state index contributed by atoms with van der Waals surface area (Å²) >= 11 is 1.43. The predicted octanol–water partition coefficient (Wildman–Crippen LogP) is 2.49. The van der Waals surface area contributed by atoms with Crippen molar-refractivity contribution in [3.8, 4) is 0 Å². The van der Waals surface area contributed by atoms with E-state index in [1.54, 1.807) is 12.2 Å². The van der Waals surface area contributed by atoms with Crippen molar-refractivity contribution in [2.45, 2.75) is 96.5 Å². The molecule has 400 valence electrons. The lowest BCUT2D eigenvalue weighted by Crippen LogP contribution is -2.36. The highest BCUT2D eigenvalue weighted by molar-refractivity contribution is 8.00. The summed E-state index contributed by atoms with van der Waals surface area (Å²) in [6.07, 6.45) is 12.2. The Morgan fingerprint density at radius 1 is 0.616 bits per heavy atom. The molecule has 3 saturated carbocycles. The van der Waals surface area contributed by atoms with Crippen LogP contribution in [0.3, 0.4) is 0 Å². The summed E-state index contributed by atoms with van der Waals surface area (Å²) in [5.74, 6) is -9.47. The first kappa shape index (κ1) is 56.8. The third kappa shape index (κ3) is 12.9. The molecule has 0 aromatic carbocycles. The molecule has 0 bridgehead atoms. The fourth-order valence-electron chi connectivity index (χ4n) is 12.0. The zero-order valence-electron chi connectivity index (χ0n) is 42.5. The van der Waals surface area contributed by atoms with Gasteiger partial charge in [-0.2, -0.15) is 0 Å². The Hall–Kier alpha value is -5.47. The number of carboxylic acid groups (broad SMARTS) is 1. The largest absolute Gasteiger partial charge is 0.479 e. The number of hydrogen-bond acceptors (Lipinski definition) is 13. The fraction of sp³-hybridized carbons (Fsp3) is 0.660. The Labute approximate surface area is 431 Å². The van der Waals surface area contributed by atoms with E-state index in [0.29, 0.717) is 31.6 Å². The summed E-state index contributed by atoms with van der Waals surface area (Å²) in [7, 11) is 0. The van der Waals surface area contributed by atoms with Gasteiger partial charge in [-0.25, -0.2) is 4.79 Å². The molecule has 3 heterocycles. The van der Waals surface area contributed by atoms with Crippen LogP contribution in [0, 0.1) is 71.0 Å². The Bertz CT molecular complexity index is 2220. The van der Waals surface area contributed by atoms with E-state index in [0.717, 1.165) is 0 Å². The maximum atomic E-state index is 14.3. The van der Waals surface area contributed by atoms with Crippen LogP contribution in [0.15, 0.2) is 49.6 Å². The van der Waals surface area contributed by atoms with Crippen molar-refractivity contribution < 1.29 is 62.9 Å². The van der Waals surface area contributed by atoms with Crippen molar-refractivity contribution in [2.24, 2.45) is 71.0 Å². The van der Waals surface area contributed by atoms with Gasteiger partial charge in [0, 0.05) is 64.0 Å². The molecule has 3 aliphatic carbocycles. The molecule has 14 atom stereocenters. The molecule has 20 heteroatoms. The van der Waals surface area contributed by atoms with Crippen molar-refractivity contribution in [3.05, 3.63) is 49.6 Å². The van der Waals surface area contributed by atoms with Crippen LogP contribution in [0.4, 0.5) is 0 Å². The SMILES string of the molecule is C=CC1CC(/C=C\C2CC(/C=C\C3CC(C=C)C4C(=O)N(CCCC(=O)NCCSC(C)C(=O)NC(C)C)C(=O)C34)C3C(=O)N(CCCC(=O)NCCO)C(=O)C23)C2C(=O)N(CCCOC(C)C(=O)O)C(=O)C12. The number of fused-ring (bicyclic) bond motifs is 3. The Morgan fingerprint density at radius 3 is 1.36 bits per heavy atom. The number of hydrogen-bond donors (Lipinski definition) is 5.